The highest BCUT2D eigenvalue weighted by molar-refractivity contribution is 5.80. The van der Waals surface area contributed by atoms with Gasteiger partial charge in [0.25, 0.3) is 0 Å². The van der Waals surface area contributed by atoms with Crippen LogP contribution in [0.25, 0.3) is 0 Å². The van der Waals surface area contributed by atoms with Crippen LogP contribution < -0.4 is 0 Å². The molecule has 0 unspecified atom stereocenters. The van der Waals surface area contributed by atoms with Gasteiger partial charge in [-0.05, 0) is 5.41 Å². The molecule has 0 rings (SSSR count). The van der Waals surface area contributed by atoms with Crippen molar-refractivity contribution in [2.45, 2.75) is 34.1 Å². The molecule has 0 aliphatic rings. The van der Waals surface area contributed by atoms with E-state index in [0.717, 1.165) is 36.5 Å². The molecule has 206 valence electrons. The third kappa shape index (κ3) is 222. The average molecular weight is 519 g/mol. The van der Waals surface area contributed by atoms with E-state index in [9.17, 15) is 28.8 Å². The maximum absolute atomic E-state index is 9.25. The minimum absolute atomic E-state index is 0.542. The van der Waals surface area contributed by atoms with Gasteiger partial charge in [-0.1, -0.05) is 73.6 Å². The SMILES string of the molecule is C=CC(=O)O.C=CC(=O)O.C=CC(=O)O.C=CC(=O)O.C=CC(=O)O.C=CC(=O)O.CCC(C)(C)C. The van der Waals surface area contributed by atoms with Crippen molar-refractivity contribution in [1.29, 1.82) is 0 Å². The van der Waals surface area contributed by atoms with Crippen LogP contribution in [0.4, 0.5) is 0 Å². The third-order valence-electron chi connectivity index (χ3n) is 2.11. The van der Waals surface area contributed by atoms with E-state index in [1.165, 1.54) is 6.42 Å². The zero-order chi connectivity index (χ0) is 30.9. The Bertz CT molecular complexity index is 572. The van der Waals surface area contributed by atoms with Gasteiger partial charge in [-0.3, -0.25) is 0 Å². The van der Waals surface area contributed by atoms with Crippen molar-refractivity contribution >= 4 is 35.8 Å². The molecule has 0 heterocycles. The minimum Gasteiger partial charge on any atom is -0.478 e. The summed E-state index contributed by atoms with van der Waals surface area (Å²) in [6, 6.07) is 0. The molecule has 0 saturated heterocycles. The number of carboxylic acids is 6. The van der Waals surface area contributed by atoms with Crippen molar-refractivity contribution in [3.63, 3.8) is 0 Å². The van der Waals surface area contributed by atoms with Gasteiger partial charge in [0, 0.05) is 36.5 Å². The Kier molecular flexibility index (Phi) is 50.8. The van der Waals surface area contributed by atoms with Crippen molar-refractivity contribution in [2.24, 2.45) is 5.41 Å². The van der Waals surface area contributed by atoms with Gasteiger partial charge in [0.2, 0.25) is 0 Å². The summed E-state index contributed by atoms with van der Waals surface area (Å²) in [5, 5.41) is 45.6. The maximum Gasteiger partial charge on any atom is 0.327 e. The molecule has 12 nitrogen and oxygen atoms in total. The lowest BCUT2D eigenvalue weighted by Crippen LogP contribution is -2.00. The Morgan fingerprint density at radius 3 is 0.528 bits per heavy atom. The molecule has 0 aliphatic heterocycles. The first-order valence-electron chi connectivity index (χ1n) is 9.31. The van der Waals surface area contributed by atoms with Crippen molar-refractivity contribution in [3.8, 4) is 0 Å². The summed E-state index contributed by atoms with van der Waals surface area (Å²) in [6.45, 7) is 26.7. The van der Waals surface area contributed by atoms with E-state index in [1.807, 2.05) is 0 Å². The Labute approximate surface area is 211 Å². The van der Waals surface area contributed by atoms with Gasteiger partial charge in [-0.2, -0.15) is 0 Å². The van der Waals surface area contributed by atoms with E-state index < -0.39 is 35.8 Å². The molecule has 6 N–H and O–H groups in total. The Hall–Kier alpha value is -4.74. The molecule has 0 bridgehead atoms. The summed E-state index contributed by atoms with van der Waals surface area (Å²) < 4.78 is 0. The molecule has 0 aromatic carbocycles. The number of hydrogen-bond acceptors (Lipinski definition) is 6. The number of rotatable bonds is 6. The molecule has 0 spiro atoms. The van der Waals surface area contributed by atoms with E-state index in [0.29, 0.717) is 5.41 Å². The summed E-state index contributed by atoms with van der Waals surface area (Å²) in [4.78, 5) is 55.5. The van der Waals surface area contributed by atoms with E-state index >= 15 is 0 Å². The normalized spacial score (nSPS) is 7.33. The van der Waals surface area contributed by atoms with Gasteiger partial charge in [-0.15, -0.1) is 0 Å². The van der Waals surface area contributed by atoms with E-state index in [2.05, 4.69) is 67.2 Å². The van der Waals surface area contributed by atoms with Crippen molar-refractivity contribution in [1.82, 2.24) is 0 Å². The molecule has 0 fully saturated rings. The van der Waals surface area contributed by atoms with Gasteiger partial charge >= 0.3 is 35.8 Å². The van der Waals surface area contributed by atoms with E-state index in [4.69, 9.17) is 30.6 Å². The zero-order valence-electron chi connectivity index (χ0n) is 21.0. The summed E-state index contributed by atoms with van der Waals surface area (Å²) in [5.41, 5.74) is 0.542. The molecule has 0 aromatic rings. The highest BCUT2D eigenvalue weighted by Crippen LogP contribution is 2.16. The monoisotopic (exact) mass is 518 g/mol. The first-order chi connectivity index (χ1) is 16.2. The smallest absolute Gasteiger partial charge is 0.327 e. The second-order valence-corrected chi connectivity index (χ2v) is 6.17. The molecule has 0 amide bonds. The molecule has 0 saturated carbocycles. The number of aliphatic carboxylic acids is 6. The van der Waals surface area contributed by atoms with Crippen molar-refractivity contribution in [3.05, 3.63) is 75.9 Å². The van der Waals surface area contributed by atoms with Crippen LogP contribution in [0, 0.1) is 5.41 Å². The summed E-state index contributed by atoms with van der Waals surface area (Å²) >= 11 is 0. The van der Waals surface area contributed by atoms with Gasteiger partial charge in [0.05, 0.1) is 0 Å². The van der Waals surface area contributed by atoms with Crippen molar-refractivity contribution in [2.75, 3.05) is 0 Å². The highest BCUT2D eigenvalue weighted by atomic mass is 16.4. The van der Waals surface area contributed by atoms with Crippen LogP contribution in [0.5, 0.6) is 0 Å². The Balaban J connectivity index is -0.0000000546. The fourth-order valence-electron chi connectivity index (χ4n) is 0. The van der Waals surface area contributed by atoms with Crippen molar-refractivity contribution < 1.29 is 59.4 Å². The summed E-state index contributed by atoms with van der Waals surface area (Å²) in [6.07, 6.45) is 6.27. The summed E-state index contributed by atoms with van der Waals surface area (Å²) in [7, 11) is 0. The molecule has 0 radical (unpaired) electrons. The van der Waals surface area contributed by atoms with E-state index in [1.54, 1.807) is 0 Å². The average Bonchev–Trinajstić information content (AvgIpc) is 2.80. The first kappa shape index (κ1) is 48.6. The number of hydrogen-bond donors (Lipinski definition) is 6. The molecular weight excluding hydrogens is 480 g/mol. The highest BCUT2D eigenvalue weighted by Gasteiger charge is 2.03. The number of carboxylic acid groups (broad SMARTS) is 6. The van der Waals surface area contributed by atoms with Crippen LogP contribution in [0.1, 0.15) is 34.1 Å². The molecule has 0 aliphatic carbocycles. The molecule has 36 heavy (non-hydrogen) atoms. The fourth-order valence-corrected chi connectivity index (χ4v) is 0. The second kappa shape index (κ2) is 37.6. The lowest BCUT2D eigenvalue weighted by atomic mass is 9.94. The molecular formula is C24H38O12. The number of carbonyl (C=O) groups is 6. The topological polar surface area (TPSA) is 224 Å². The lowest BCUT2D eigenvalue weighted by molar-refractivity contribution is -0.132. The lowest BCUT2D eigenvalue weighted by Gasteiger charge is -2.12. The molecule has 0 aromatic heterocycles. The third-order valence-corrected chi connectivity index (χ3v) is 2.11. The largest absolute Gasteiger partial charge is 0.478 e. The minimum atomic E-state index is -0.981. The molecule has 0 atom stereocenters. The second-order valence-electron chi connectivity index (χ2n) is 6.17. The standard InChI is InChI=1S/C6H14.6C3H4O2/c1-5-6(2,3)4;6*1-2-3(4)5/h5H2,1-4H3;6*2H,1H2,(H,4,5). The Morgan fingerprint density at radius 1 is 0.472 bits per heavy atom. The van der Waals surface area contributed by atoms with Gasteiger partial charge in [0.15, 0.2) is 0 Å². The van der Waals surface area contributed by atoms with Crippen LogP contribution in [0.3, 0.4) is 0 Å². The quantitative estimate of drug-likeness (QED) is 0.274. The van der Waals surface area contributed by atoms with Crippen LogP contribution in [0.15, 0.2) is 75.9 Å². The summed E-state index contributed by atoms with van der Waals surface area (Å²) in [5.74, 6) is -5.89. The van der Waals surface area contributed by atoms with Crippen LogP contribution in [-0.4, -0.2) is 66.5 Å². The molecule has 12 heteroatoms. The van der Waals surface area contributed by atoms with Crippen LogP contribution >= 0.6 is 0 Å². The van der Waals surface area contributed by atoms with Crippen LogP contribution in [-0.2, 0) is 28.8 Å². The fraction of sp³-hybridized carbons (Fsp3) is 0.250. The van der Waals surface area contributed by atoms with E-state index in [-0.39, 0.29) is 0 Å². The Morgan fingerprint density at radius 2 is 0.528 bits per heavy atom. The predicted octanol–water partition coefficient (Wildman–Crippen LogP) is 3.98. The van der Waals surface area contributed by atoms with Gasteiger partial charge in [0.1, 0.15) is 0 Å². The zero-order valence-corrected chi connectivity index (χ0v) is 21.0. The van der Waals surface area contributed by atoms with Gasteiger partial charge in [-0.25, -0.2) is 28.8 Å². The first-order valence-corrected chi connectivity index (χ1v) is 9.31. The van der Waals surface area contributed by atoms with Gasteiger partial charge < -0.3 is 30.6 Å². The maximum atomic E-state index is 9.25. The van der Waals surface area contributed by atoms with Crippen LogP contribution in [0.2, 0.25) is 0 Å². The predicted molar refractivity (Wildman–Crippen MR) is 137 cm³/mol.